The van der Waals surface area contributed by atoms with Crippen molar-refractivity contribution < 1.29 is 13.9 Å². The topological polar surface area (TPSA) is 50.4 Å². The van der Waals surface area contributed by atoms with Crippen molar-refractivity contribution in [2.75, 3.05) is 18.5 Å². The molecular weight excluding hydrogens is 247 g/mol. The molecule has 0 aliphatic carbocycles. The van der Waals surface area contributed by atoms with E-state index in [1.165, 1.54) is 6.07 Å². The van der Waals surface area contributed by atoms with Gasteiger partial charge in [0.1, 0.15) is 0 Å². The molecule has 0 heterocycles. The van der Waals surface area contributed by atoms with E-state index in [-0.39, 0.29) is 24.2 Å². The summed E-state index contributed by atoms with van der Waals surface area (Å²) in [4.78, 5) is 11.5. The zero-order chi connectivity index (χ0) is 14.3. The molecule has 1 amide bonds. The Morgan fingerprint density at radius 2 is 2.16 bits per heavy atom. The first-order chi connectivity index (χ1) is 9.06. The Bertz CT molecular complexity index is 424. The van der Waals surface area contributed by atoms with E-state index in [1.54, 1.807) is 19.1 Å². The van der Waals surface area contributed by atoms with Crippen LogP contribution < -0.4 is 15.4 Å². The number of hydrogen-bond donors (Lipinski definition) is 2. The van der Waals surface area contributed by atoms with Gasteiger partial charge in [-0.25, -0.2) is 4.39 Å². The maximum Gasteiger partial charge on any atom is 0.239 e. The fourth-order valence-electron chi connectivity index (χ4n) is 1.49. The highest BCUT2D eigenvalue weighted by molar-refractivity contribution is 5.80. The van der Waals surface area contributed by atoms with Crippen LogP contribution in [-0.4, -0.2) is 25.1 Å². The molecule has 2 N–H and O–H groups in total. The maximum absolute atomic E-state index is 13.6. The van der Waals surface area contributed by atoms with Crippen molar-refractivity contribution in [2.24, 2.45) is 0 Å². The van der Waals surface area contributed by atoms with E-state index in [0.29, 0.717) is 12.3 Å². The normalized spacial score (nSPS) is 11.8. The minimum atomic E-state index is -0.436. The van der Waals surface area contributed by atoms with Crippen LogP contribution in [0.1, 0.15) is 27.2 Å². The first-order valence-electron chi connectivity index (χ1n) is 6.52. The van der Waals surface area contributed by atoms with Crippen LogP contribution in [0.25, 0.3) is 0 Å². The molecule has 0 saturated carbocycles. The molecule has 1 unspecified atom stereocenters. The van der Waals surface area contributed by atoms with Gasteiger partial charge in [-0.2, -0.15) is 0 Å². The number of rotatable bonds is 7. The van der Waals surface area contributed by atoms with Crippen molar-refractivity contribution in [3.05, 3.63) is 24.0 Å². The highest BCUT2D eigenvalue weighted by Gasteiger charge is 2.07. The van der Waals surface area contributed by atoms with E-state index in [9.17, 15) is 9.18 Å². The SMILES string of the molecule is CCOc1ccc(NCC(=O)NC(C)CC)cc1F. The number of anilines is 1. The lowest BCUT2D eigenvalue weighted by molar-refractivity contribution is -0.120. The molecule has 0 bridgehead atoms. The molecule has 106 valence electrons. The van der Waals surface area contributed by atoms with Crippen LogP contribution >= 0.6 is 0 Å². The summed E-state index contributed by atoms with van der Waals surface area (Å²) in [7, 11) is 0. The van der Waals surface area contributed by atoms with Crippen LogP contribution in [0.3, 0.4) is 0 Å². The van der Waals surface area contributed by atoms with Crippen molar-refractivity contribution in [3.8, 4) is 5.75 Å². The summed E-state index contributed by atoms with van der Waals surface area (Å²) in [6.45, 7) is 6.28. The van der Waals surface area contributed by atoms with Crippen LogP contribution in [0, 0.1) is 5.82 Å². The van der Waals surface area contributed by atoms with E-state index < -0.39 is 5.82 Å². The van der Waals surface area contributed by atoms with E-state index in [1.807, 2.05) is 13.8 Å². The van der Waals surface area contributed by atoms with Crippen molar-refractivity contribution in [2.45, 2.75) is 33.2 Å². The van der Waals surface area contributed by atoms with Gasteiger partial charge in [0.05, 0.1) is 13.2 Å². The van der Waals surface area contributed by atoms with Crippen molar-refractivity contribution in [1.82, 2.24) is 5.32 Å². The predicted molar refractivity (Wildman–Crippen MR) is 74.0 cm³/mol. The van der Waals surface area contributed by atoms with Gasteiger partial charge >= 0.3 is 0 Å². The summed E-state index contributed by atoms with van der Waals surface area (Å²) in [5, 5.41) is 5.70. The van der Waals surface area contributed by atoms with Crippen LogP contribution in [0.15, 0.2) is 18.2 Å². The molecule has 0 fully saturated rings. The summed E-state index contributed by atoms with van der Waals surface area (Å²) in [6.07, 6.45) is 0.878. The minimum absolute atomic E-state index is 0.108. The van der Waals surface area contributed by atoms with Gasteiger partial charge in [0.2, 0.25) is 5.91 Å². The van der Waals surface area contributed by atoms with Crippen LogP contribution in [-0.2, 0) is 4.79 Å². The molecule has 1 aromatic rings. The molecule has 4 nitrogen and oxygen atoms in total. The standard InChI is InChI=1S/C14H21FN2O2/c1-4-10(3)17-14(18)9-16-11-6-7-13(19-5-2)12(15)8-11/h6-8,10,16H,4-5,9H2,1-3H3,(H,17,18). The first-order valence-corrected chi connectivity index (χ1v) is 6.52. The van der Waals surface area contributed by atoms with E-state index in [2.05, 4.69) is 10.6 Å². The minimum Gasteiger partial charge on any atom is -0.491 e. The Hall–Kier alpha value is -1.78. The van der Waals surface area contributed by atoms with Crippen LogP contribution in [0.2, 0.25) is 0 Å². The molecule has 19 heavy (non-hydrogen) atoms. The zero-order valence-corrected chi connectivity index (χ0v) is 11.6. The molecule has 0 aliphatic heterocycles. The Balaban J connectivity index is 2.49. The Labute approximate surface area is 113 Å². The lowest BCUT2D eigenvalue weighted by Crippen LogP contribution is -2.36. The molecule has 1 aromatic carbocycles. The fraction of sp³-hybridized carbons (Fsp3) is 0.500. The van der Waals surface area contributed by atoms with Gasteiger partial charge < -0.3 is 15.4 Å². The second-order valence-electron chi connectivity index (χ2n) is 4.31. The van der Waals surface area contributed by atoms with Crippen LogP contribution in [0.5, 0.6) is 5.75 Å². The van der Waals surface area contributed by atoms with E-state index >= 15 is 0 Å². The second-order valence-corrected chi connectivity index (χ2v) is 4.31. The molecule has 0 spiro atoms. The molecule has 0 aromatic heterocycles. The molecule has 1 atom stereocenters. The highest BCUT2D eigenvalue weighted by Crippen LogP contribution is 2.20. The molecule has 1 rings (SSSR count). The maximum atomic E-state index is 13.6. The van der Waals surface area contributed by atoms with Gasteiger partial charge in [-0.05, 0) is 32.4 Å². The van der Waals surface area contributed by atoms with E-state index in [4.69, 9.17) is 4.74 Å². The van der Waals surface area contributed by atoms with E-state index in [0.717, 1.165) is 6.42 Å². The second kappa shape index (κ2) is 7.61. The number of carbonyl (C=O) groups is 1. The smallest absolute Gasteiger partial charge is 0.239 e. The summed E-state index contributed by atoms with van der Waals surface area (Å²) >= 11 is 0. The van der Waals surface area contributed by atoms with Crippen molar-refractivity contribution in [1.29, 1.82) is 0 Å². The Kier molecular flexibility index (Phi) is 6.12. The van der Waals surface area contributed by atoms with Gasteiger partial charge in [0.25, 0.3) is 0 Å². The Morgan fingerprint density at radius 3 is 2.74 bits per heavy atom. The average Bonchev–Trinajstić information content (AvgIpc) is 2.39. The molecule has 5 heteroatoms. The van der Waals surface area contributed by atoms with Gasteiger partial charge in [-0.1, -0.05) is 6.92 Å². The fourth-order valence-corrected chi connectivity index (χ4v) is 1.49. The van der Waals surface area contributed by atoms with Gasteiger partial charge in [-0.15, -0.1) is 0 Å². The molecule has 0 aliphatic rings. The number of hydrogen-bond acceptors (Lipinski definition) is 3. The largest absolute Gasteiger partial charge is 0.491 e. The average molecular weight is 268 g/mol. The van der Waals surface area contributed by atoms with Gasteiger partial charge in [0, 0.05) is 17.8 Å². The molecule has 0 radical (unpaired) electrons. The van der Waals surface area contributed by atoms with Crippen LogP contribution in [0.4, 0.5) is 10.1 Å². The third-order valence-corrected chi connectivity index (χ3v) is 2.70. The zero-order valence-electron chi connectivity index (χ0n) is 11.6. The molecule has 0 saturated heterocycles. The number of ether oxygens (including phenoxy) is 1. The summed E-state index contributed by atoms with van der Waals surface area (Å²) in [5.74, 6) is -0.324. The van der Waals surface area contributed by atoms with Gasteiger partial charge in [0.15, 0.2) is 11.6 Å². The predicted octanol–water partition coefficient (Wildman–Crippen LogP) is 2.55. The summed E-state index contributed by atoms with van der Waals surface area (Å²) in [6, 6.07) is 4.70. The lowest BCUT2D eigenvalue weighted by atomic mass is 10.2. The third kappa shape index (κ3) is 5.16. The number of benzene rings is 1. The van der Waals surface area contributed by atoms with Crippen molar-refractivity contribution >= 4 is 11.6 Å². The molecular formula is C14H21FN2O2. The monoisotopic (exact) mass is 268 g/mol. The summed E-state index contributed by atoms with van der Waals surface area (Å²) in [5.41, 5.74) is 0.556. The highest BCUT2D eigenvalue weighted by atomic mass is 19.1. The van der Waals surface area contributed by atoms with Gasteiger partial charge in [-0.3, -0.25) is 4.79 Å². The third-order valence-electron chi connectivity index (χ3n) is 2.70. The van der Waals surface area contributed by atoms with Crippen molar-refractivity contribution in [3.63, 3.8) is 0 Å². The summed E-state index contributed by atoms with van der Waals surface area (Å²) < 4.78 is 18.7. The number of halogens is 1. The lowest BCUT2D eigenvalue weighted by Gasteiger charge is -2.13. The first kappa shape index (κ1) is 15.3. The number of nitrogens with one attached hydrogen (secondary N) is 2. The quantitative estimate of drug-likeness (QED) is 0.799. The number of amides is 1. The Morgan fingerprint density at radius 1 is 1.42 bits per heavy atom. The number of carbonyl (C=O) groups excluding carboxylic acids is 1.